The molecule has 2 amide bonds. The van der Waals surface area contributed by atoms with Crippen LogP contribution in [0.25, 0.3) is 0 Å². The molecule has 0 unspecified atom stereocenters. The lowest BCUT2D eigenvalue weighted by atomic mass is 10.2. The highest BCUT2D eigenvalue weighted by Crippen LogP contribution is 2.22. The summed E-state index contributed by atoms with van der Waals surface area (Å²) in [5.74, 6) is 0. The van der Waals surface area contributed by atoms with E-state index in [0.29, 0.717) is 12.2 Å². The molecule has 0 aromatic heterocycles. The quantitative estimate of drug-likeness (QED) is 0.769. The Kier molecular flexibility index (Phi) is 4.17. The van der Waals surface area contributed by atoms with Gasteiger partial charge >= 0.3 is 6.03 Å². The highest BCUT2D eigenvalue weighted by molar-refractivity contribution is 5.95. The van der Waals surface area contributed by atoms with Crippen LogP contribution in [0.1, 0.15) is 20.8 Å². The maximum atomic E-state index is 11.9. The van der Waals surface area contributed by atoms with E-state index in [1.807, 2.05) is 39.0 Å². The van der Waals surface area contributed by atoms with E-state index >= 15 is 0 Å². The number of para-hydroxylation sites is 2. The van der Waals surface area contributed by atoms with Gasteiger partial charge < -0.3 is 11.1 Å². The Hall–Kier alpha value is -1.71. The van der Waals surface area contributed by atoms with Gasteiger partial charge in [0.2, 0.25) is 0 Å². The summed E-state index contributed by atoms with van der Waals surface area (Å²) >= 11 is 0. The number of amides is 2. The van der Waals surface area contributed by atoms with Crippen LogP contribution >= 0.6 is 0 Å². The van der Waals surface area contributed by atoms with E-state index < -0.39 is 0 Å². The lowest BCUT2D eigenvalue weighted by Gasteiger charge is -2.24. The number of urea groups is 1. The number of carbonyl (C=O) groups is 1. The molecule has 1 aromatic carbocycles. The van der Waals surface area contributed by atoms with Crippen LogP contribution in [0.2, 0.25) is 0 Å². The lowest BCUT2D eigenvalue weighted by Crippen LogP contribution is -2.43. The molecule has 88 valence electrons. The minimum Gasteiger partial charge on any atom is -0.397 e. The van der Waals surface area contributed by atoms with Crippen molar-refractivity contribution in [2.45, 2.75) is 26.8 Å². The Morgan fingerprint density at radius 2 is 2.06 bits per heavy atom. The van der Waals surface area contributed by atoms with Crippen molar-refractivity contribution in [3.8, 4) is 0 Å². The molecule has 0 bridgehead atoms. The molecule has 0 fully saturated rings. The summed E-state index contributed by atoms with van der Waals surface area (Å²) in [4.78, 5) is 13.5. The van der Waals surface area contributed by atoms with E-state index in [4.69, 9.17) is 5.73 Å². The van der Waals surface area contributed by atoms with Gasteiger partial charge in [0.15, 0.2) is 0 Å². The molecule has 0 aliphatic rings. The van der Waals surface area contributed by atoms with Gasteiger partial charge in [-0.1, -0.05) is 12.1 Å². The van der Waals surface area contributed by atoms with Crippen molar-refractivity contribution in [2.75, 3.05) is 17.2 Å². The Morgan fingerprint density at radius 3 is 2.56 bits per heavy atom. The van der Waals surface area contributed by atoms with Gasteiger partial charge in [-0.3, -0.25) is 4.90 Å². The van der Waals surface area contributed by atoms with E-state index in [1.165, 1.54) is 0 Å². The normalized spacial score (nSPS) is 10.2. The Balaban J connectivity index is 2.90. The highest BCUT2D eigenvalue weighted by Gasteiger charge is 2.15. The molecule has 0 aliphatic carbocycles. The lowest BCUT2D eigenvalue weighted by molar-refractivity contribution is 0.244. The number of hydrogen-bond donors (Lipinski definition) is 2. The summed E-state index contributed by atoms with van der Waals surface area (Å²) in [5, 5.41) is 2.85. The van der Waals surface area contributed by atoms with Gasteiger partial charge in [0.1, 0.15) is 0 Å². The Bertz CT molecular complexity index is 363. The van der Waals surface area contributed by atoms with E-state index in [0.717, 1.165) is 5.69 Å². The Labute approximate surface area is 96.4 Å². The number of anilines is 2. The minimum atomic E-state index is -0.115. The van der Waals surface area contributed by atoms with Crippen molar-refractivity contribution in [1.82, 2.24) is 5.32 Å². The number of rotatable bonds is 3. The van der Waals surface area contributed by atoms with Gasteiger partial charge in [-0.25, -0.2) is 4.79 Å². The van der Waals surface area contributed by atoms with Gasteiger partial charge in [-0.2, -0.15) is 0 Å². The van der Waals surface area contributed by atoms with Crippen molar-refractivity contribution < 1.29 is 4.79 Å². The van der Waals surface area contributed by atoms with Crippen LogP contribution in [0.3, 0.4) is 0 Å². The number of benzene rings is 1. The average Bonchev–Trinajstić information content (AvgIpc) is 2.20. The maximum absolute atomic E-state index is 11.9. The topological polar surface area (TPSA) is 58.4 Å². The summed E-state index contributed by atoms with van der Waals surface area (Å²) in [5.41, 5.74) is 7.21. The smallest absolute Gasteiger partial charge is 0.322 e. The average molecular weight is 221 g/mol. The molecule has 1 rings (SSSR count). The molecule has 0 saturated heterocycles. The number of hydrogen-bond acceptors (Lipinski definition) is 2. The molecule has 4 nitrogen and oxygen atoms in total. The van der Waals surface area contributed by atoms with Gasteiger partial charge in [-0.15, -0.1) is 0 Å². The van der Waals surface area contributed by atoms with Crippen LogP contribution in [0.15, 0.2) is 24.3 Å². The van der Waals surface area contributed by atoms with E-state index in [1.54, 1.807) is 11.0 Å². The first-order chi connectivity index (χ1) is 7.56. The summed E-state index contributed by atoms with van der Waals surface area (Å²) in [6.07, 6.45) is 0. The standard InChI is InChI=1S/C12H19N3O/c1-4-15(12(16)14-9(2)3)11-8-6-5-7-10(11)13/h5-9H,4,13H2,1-3H3,(H,14,16). The Morgan fingerprint density at radius 1 is 1.44 bits per heavy atom. The molecule has 0 atom stereocenters. The van der Waals surface area contributed by atoms with Crippen LogP contribution in [0.5, 0.6) is 0 Å². The fourth-order valence-electron chi connectivity index (χ4n) is 1.48. The second-order valence-corrected chi connectivity index (χ2v) is 3.91. The second kappa shape index (κ2) is 5.39. The van der Waals surface area contributed by atoms with Crippen LogP contribution in [0, 0.1) is 0 Å². The minimum absolute atomic E-state index is 0.115. The number of nitrogens with two attached hydrogens (primary N) is 1. The number of nitrogens with one attached hydrogen (secondary N) is 1. The van der Waals surface area contributed by atoms with Crippen molar-refractivity contribution in [2.24, 2.45) is 0 Å². The molecule has 1 aromatic rings. The summed E-state index contributed by atoms with van der Waals surface area (Å²) in [6, 6.07) is 7.37. The fourth-order valence-corrected chi connectivity index (χ4v) is 1.48. The molecule has 3 N–H and O–H groups in total. The van der Waals surface area contributed by atoms with E-state index in [-0.39, 0.29) is 12.1 Å². The molecule has 0 heterocycles. The maximum Gasteiger partial charge on any atom is 0.322 e. The predicted octanol–water partition coefficient (Wildman–Crippen LogP) is 2.21. The summed E-state index contributed by atoms with van der Waals surface area (Å²) < 4.78 is 0. The zero-order chi connectivity index (χ0) is 12.1. The van der Waals surface area contributed by atoms with Gasteiger partial charge in [0, 0.05) is 12.6 Å². The molecular formula is C12H19N3O. The molecule has 16 heavy (non-hydrogen) atoms. The molecule has 4 heteroatoms. The van der Waals surface area contributed by atoms with Crippen molar-refractivity contribution in [1.29, 1.82) is 0 Å². The third-order valence-corrected chi connectivity index (χ3v) is 2.20. The van der Waals surface area contributed by atoms with E-state index in [2.05, 4.69) is 5.32 Å². The molecular weight excluding hydrogens is 202 g/mol. The molecule has 0 aliphatic heterocycles. The zero-order valence-corrected chi connectivity index (χ0v) is 10.0. The first-order valence-corrected chi connectivity index (χ1v) is 5.48. The van der Waals surface area contributed by atoms with Gasteiger partial charge in [-0.05, 0) is 32.9 Å². The predicted molar refractivity (Wildman–Crippen MR) is 67.5 cm³/mol. The summed E-state index contributed by atoms with van der Waals surface area (Å²) in [6.45, 7) is 6.37. The third kappa shape index (κ3) is 2.89. The van der Waals surface area contributed by atoms with Crippen molar-refractivity contribution in [3.05, 3.63) is 24.3 Å². The fraction of sp³-hybridized carbons (Fsp3) is 0.417. The van der Waals surface area contributed by atoms with Gasteiger partial charge in [0.05, 0.1) is 11.4 Å². The third-order valence-electron chi connectivity index (χ3n) is 2.20. The zero-order valence-electron chi connectivity index (χ0n) is 10.0. The molecule has 0 radical (unpaired) electrons. The first kappa shape index (κ1) is 12.4. The monoisotopic (exact) mass is 221 g/mol. The van der Waals surface area contributed by atoms with Crippen molar-refractivity contribution >= 4 is 17.4 Å². The van der Waals surface area contributed by atoms with E-state index in [9.17, 15) is 4.79 Å². The molecule has 0 saturated carbocycles. The number of carbonyl (C=O) groups excluding carboxylic acids is 1. The summed E-state index contributed by atoms with van der Waals surface area (Å²) in [7, 11) is 0. The SMILES string of the molecule is CCN(C(=O)NC(C)C)c1ccccc1N. The number of nitrogen functional groups attached to an aromatic ring is 1. The van der Waals surface area contributed by atoms with Crippen molar-refractivity contribution in [3.63, 3.8) is 0 Å². The highest BCUT2D eigenvalue weighted by atomic mass is 16.2. The number of nitrogens with zero attached hydrogens (tertiary/aromatic N) is 1. The van der Waals surface area contributed by atoms with Crippen LogP contribution in [-0.4, -0.2) is 18.6 Å². The second-order valence-electron chi connectivity index (χ2n) is 3.91. The van der Waals surface area contributed by atoms with Crippen LogP contribution in [-0.2, 0) is 0 Å². The van der Waals surface area contributed by atoms with Gasteiger partial charge in [0.25, 0.3) is 0 Å². The van der Waals surface area contributed by atoms with Crippen LogP contribution < -0.4 is 16.0 Å². The van der Waals surface area contributed by atoms with Crippen LogP contribution in [0.4, 0.5) is 16.2 Å². The largest absolute Gasteiger partial charge is 0.397 e. The first-order valence-electron chi connectivity index (χ1n) is 5.48. The molecule has 0 spiro atoms.